The molecule has 0 radical (unpaired) electrons. The summed E-state index contributed by atoms with van der Waals surface area (Å²) in [5.41, 5.74) is 1.27. The number of aromatic nitrogens is 2. The van der Waals surface area contributed by atoms with Crippen molar-refractivity contribution in [2.75, 3.05) is 0 Å². The molecule has 0 aliphatic carbocycles. The highest BCUT2D eigenvalue weighted by atomic mass is 79.9. The highest BCUT2D eigenvalue weighted by Crippen LogP contribution is 2.22. The first-order chi connectivity index (χ1) is 7.72. The Morgan fingerprint density at radius 1 is 1.31 bits per heavy atom. The summed E-state index contributed by atoms with van der Waals surface area (Å²) in [6.45, 7) is 0. The van der Waals surface area contributed by atoms with E-state index in [-0.39, 0.29) is 11.4 Å². The second-order valence-electron chi connectivity index (χ2n) is 3.17. The summed E-state index contributed by atoms with van der Waals surface area (Å²) in [6, 6.07) is 9.48. The van der Waals surface area contributed by atoms with Gasteiger partial charge in [-0.05, 0) is 15.9 Å². The minimum absolute atomic E-state index is 0.183. The number of alkyl halides is 1. The molecule has 2 rings (SSSR count). The smallest absolute Gasteiger partial charge is 0.265 e. The molecule has 16 heavy (non-hydrogen) atoms. The predicted molar refractivity (Wildman–Crippen MR) is 67.6 cm³/mol. The van der Waals surface area contributed by atoms with Crippen LogP contribution in [0.3, 0.4) is 0 Å². The van der Waals surface area contributed by atoms with Crippen LogP contribution in [0.5, 0.6) is 0 Å². The fraction of sp³-hybridized carbons (Fsp3) is 0.0909. The summed E-state index contributed by atoms with van der Waals surface area (Å²) in [6.07, 6.45) is 0. The Labute approximate surface area is 106 Å². The first-order valence-corrected chi connectivity index (χ1v) is 5.95. The maximum atomic E-state index is 11.6. The van der Waals surface area contributed by atoms with Crippen LogP contribution in [0.2, 0.25) is 0 Å². The number of aromatic amines is 1. The molecule has 0 amide bonds. The van der Waals surface area contributed by atoms with Crippen LogP contribution in [-0.2, 0) is 5.88 Å². The highest BCUT2D eigenvalue weighted by molar-refractivity contribution is 9.10. The van der Waals surface area contributed by atoms with Crippen molar-refractivity contribution >= 4 is 27.5 Å². The molecule has 0 saturated heterocycles. The zero-order valence-corrected chi connectivity index (χ0v) is 10.5. The van der Waals surface area contributed by atoms with Crippen LogP contribution in [0, 0.1) is 0 Å². The van der Waals surface area contributed by atoms with Crippen molar-refractivity contribution in [1.29, 1.82) is 0 Å². The van der Waals surface area contributed by atoms with Gasteiger partial charge >= 0.3 is 0 Å². The van der Waals surface area contributed by atoms with E-state index in [9.17, 15) is 4.79 Å². The normalized spacial score (nSPS) is 10.4. The average Bonchev–Trinajstić information content (AvgIpc) is 2.33. The first kappa shape index (κ1) is 11.4. The molecule has 0 spiro atoms. The second-order valence-corrected chi connectivity index (χ2v) is 4.24. The molecule has 1 aromatic heterocycles. The number of hydrogen-bond donors (Lipinski definition) is 1. The van der Waals surface area contributed by atoms with Crippen LogP contribution in [0.15, 0.2) is 39.6 Å². The molecule has 0 unspecified atom stereocenters. The van der Waals surface area contributed by atoms with Crippen molar-refractivity contribution in [1.82, 2.24) is 9.97 Å². The lowest BCUT2D eigenvalue weighted by Crippen LogP contribution is -2.13. The van der Waals surface area contributed by atoms with Gasteiger partial charge < -0.3 is 4.98 Å². The van der Waals surface area contributed by atoms with E-state index in [1.807, 2.05) is 30.3 Å². The van der Waals surface area contributed by atoms with Crippen molar-refractivity contribution in [2.45, 2.75) is 5.88 Å². The SMILES string of the molecule is O=c1[nH]c(CCl)nc(-c2ccccc2)c1Br. The van der Waals surface area contributed by atoms with Gasteiger partial charge in [-0.3, -0.25) is 4.79 Å². The number of H-pyrrole nitrogens is 1. The van der Waals surface area contributed by atoms with Crippen molar-refractivity contribution in [3.05, 3.63) is 51.0 Å². The molecule has 0 fully saturated rings. The van der Waals surface area contributed by atoms with Gasteiger partial charge in [0.1, 0.15) is 10.3 Å². The first-order valence-electron chi connectivity index (χ1n) is 4.62. The monoisotopic (exact) mass is 298 g/mol. The summed E-state index contributed by atoms with van der Waals surface area (Å²) in [7, 11) is 0. The number of rotatable bonds is 2. The third-order valence-corrected chi connectivity index (χ3v) is 3.07. The molecule has 0 saturated carbocycles. The number of nitrogens with one attached hydrogen (secondary N) is 1. The van der Waals surface area contributed by atoms with Gasteiger partial charge in [-0.1, -0.05) is 30.3 Å². The predicted octanol–water partition coefficient (Wildman–Crippen LogP) is 2.94. The summed E-state index contributed by atoms with van der Waals surface area (Å²) in [5, 5.41) is 0. The number of halogens is 2. The summed E-state index contributed by atoms with van der Waals surface area (Å²) in [4.78, 5) is 18.5. The Bertz CT molecular complexity index is 554. The van der Waals surface area contributed by atoms with Gasteiger partial charge in [0, 0.05) is 5.56 Å². The molecule has 0 aliphatic rings. The van der Waals surface area contributed by atoms with Gasteiger partial charge in [0.05, 0.1) is 11.6 Å². The summed E-state index contributed by atoms with van der Waals surface area (Å²) >= 11 is 8.89. The third kappa shape index (κ3) is 2.18. The van der Waals surface area contributed by atoms with Gasteiger partial charge in [0.2, 0.25) is 0 Å². The van der Waals surface area contributed by atoms with Gasteiger partial charge in [-0.15, -0.1) is 11.6 Å². The zero-order chi connectivity index (χ0) is 11.5. The lowest BCUT2D eigenvalue weighted by atomic mass is 10.1. The van der Waals surface area contributed by atoms with Crippen LogP contribution in [-0.4, -0.2) is 9.97 Å². The zero-order valence-electron chi connectivity index (χ0n) is 8.21. The summed E-state index contributed by atoms with van der Waals surface area (Å²) < 4.78 is 0.424. The lowest BCUT2D eigenvalue weighted by molar-refractivity contribution is 0.993. The van der Waals surface area contributed by atoms with Crippen molar-refractivity contribution < 1.29 is 0 Å². The van der Waals surface area contributed by atoms with Crippen LogP contribution in [0.25, 0.3) is 11.3 Å². The topological polar surface area (TPSA) is 45.8 Å². The molecule has 1 heterocycles. The fourth-order valence-electron chi connectivity index (χ4n) is 1.36. The maximum Gasteiger partial charge on any atom is 0.265 e. The lowest BCUT2D eigenvalue weighted by Gasteiger charge is -2.04. The second kappa shape index (κ2) is 4.80. The van der Waals surface area contributed by atoms with Gasteiger partial charge in [-0.25, -0.2) is 4.98 Å². The molecule has 3 nitrogen and oxygen atoms in total. The standard InChI is InChI=1S/C11H8BrClN2O/c12-9-10(7-4-2-1-3-5-7)14-8(6-13)15-11(9)16/h1-5H,6H2,(H,14,15,16). The maximum absolute atomic E-state index is 11.6. The highest BCUT2D eigenvalue weighted by Gasteiger charge is 2.09. The van der Waals surface area contributed by atoms with Gasteiger partial charge in [-0.2, -0.15) is 0 Å². The molecule has 0 atom stereocenters. The van der Waals surface area contributed by atoms with Crippen LogP contribution < -0.4 is 5.56 Å². The van der Waals surface area contributed by atoms with Crippen LogP contribution in [0.1, 0.15) is 5.82 Å². The fourth-order valence-corrected chi connectivity index (χ4v) is 1.90. The third-order valence-electron chi connectivity index (χ3n) is 2.09. The van der Waals surface area contributed by atoms with Crippen molar-refractivity contribution in [2.24, 2.45) is 0 Å². The minimum Gasteiger partial charge on any atom is -0.309 e. The Kier molecular flexibility index (Phi) is 3.41. The molecular weight excluding hydrogens is 291 g/mol. The largest absolute Gasteiger partial charge is 0.309 e. The molecule has 1 aromatic carbocycles. The molecule has 0 aliphatic heterocycles. The Balaban J connectivity index is 2.65. The summed E-state index contributed by atoms with van der Waals surface area (Å²) in [5.74, 6) is 0.649. The van der Waals surface area contributed by atoms with E-state index >= 15 is 0 Å². The van der Waals surface area contributed by atoms with E-state index < -0.39 is 0 Å². The molecule has 2 aromatic rings. The molecule has 5 heteroatoms. The van der Waals surface area contributed by atoms with E-state index in [0.717, 1.165) is 5.56 Å². The number of benzene rings is 1. The minimum atomic E-state index is -0.218. The van der Waals surface area contributed by atoms with E-state index in [0.29, 0.717) is 16.0 Å². The Hall–Kier alpha value is -1.13. The number of hydrogen-bond acceptors (Lipinski definition) is 2. The Morgan fingerprint density at radius 3 is 2.62 bits per heavy atom. The Morgan fingerprint density at radius 2 is 2.00 bits per heavy atom. The van der Waals surface area contributed by atoms with E-state index in [4.69, 9.17) is 11.6 Å². The molecule has 1 N–H and O–H groups in total. The average molecular weight is 300 g/mol. The van der Waals surface area contributed by atoms with E-state index in [1.54, 1.807) is 0 Å². The van der Waals surface area contributed by atoms with Gasteiger partial charge in [0.25, 0.3) is 5.56 Å². The number of nitrogens with zero attached hydrogens (tertiary/aromatic N) is 1. The van der Waals surface area contributed by atoms with Crippen molar-refractivity contribution in [3.63, 3.8) is 0 Å². The molecule has 82 valence electrons. The van der Waals surface area contributed by atoms with Crippen molar-refractivity contribution in [3.8, 4) is 11.3 Å². The van der Waals surface area contributed by atoms with E-state index in [2.05, 4.69) is 25.9 Å². The molecule has 0 bridgehead atoms. The van der Waals surface area contributed by atoms with Crippen LogP contribution in [0.4, 0.5) is 0 Å². The van der Waals surface area contributed by atoms with E-state index in [1.165, 1.54) is 0 Å². The van der Waals surface area contributed by atoms with Crippen LogP contribution >= 0.6 is 27.5 Å². The quantitative estimate of drug-likeness (QED) is 0.867. The molecular formula is C11H8BrClN2O. The van der Waals surface area contributed by atoms with Gasteiger partial charge in [0.15, 0.2) is 0 Å².